The summed E-state index contributed by atoms with van der Waals surface area (Å²) in [5.41, 5.74) is 0.371. The molecular weight excluding hydrogens is 379 g/mol. The Balaban J connectivity index is 1.73. The third-order valence-corrected chi connectivity index (χ3v) is 3.91. The number of benzene rings is 1. The number of halogens is 3. The van der Waals surface area contributed by atoms with E-state index in [4.69, 9.17) is 4.74 Å². The van der Waals surface area contributed by atoms with Crippen molar-refractivity contribution in [1.29, 1.82) is 0 Å². The fraction of sp³-hybridized carbons (Fsp3) is 0.556. The van der Waals surface area contributed by atoms with Crippen LogP contribution in [0, 0.1) is 5.92 Å². The van der Waals surface area contributed by atoms with Crippen LogP contribution in [0.2, 0.25) is 0 Å². The van der Waals surface area contributed by atoms with Crippen molar-refractivity contribution in [3.63, 3.8) is 0 Å². The Kier molecular flexibility index (Phi) is 7.50. The molecule has 0 aromatic heterocycles. The van der Waals surface area contributed by atoms with E-state index in [1.807, 2.05) is 18.7 Å². The van der Waals surface area contributed by atoms with Gasteiger partial charge in [-0.15, -0.1) is 13.2 Å². The van der Waals surface area contributed by atoms with Crippen LogP contribution in [0.25, 0.3) is 0 Å². The zero-order valence-corrected chi connectivity index (χ0v) is 15.8. The molecule has 0 spiro atoms. The van der Waals surface area contributed by atoms with E-state index in [-0.39, 0.29) is 30.2 Å². The molecule has 156 valence electrons. The lowest BCUT2D eigenvalue weighted by Crippen LogP contribution is -2.50. The number of carbonyl (C=O) groups excluding carboxylic acids is 2. The number of carbonyl (C=O) groups is 2. The number of hydrogen-bond donors (Lipinski definition) is 1. The molecule has 1 N–H and O–H groups in total. The van der Waals surface area contributed by atoms with E-state index in [0.717, 1.165) is 12.1 Å². The summed E-state index contributed by atoms with van der Waals surface area (Å²) in [6.07, 6.45) is -5.10. The second kappa shape index (κ2) is 9.63. The molecule has 2 amide bonds. The van der Waals surface area contributed by atoms with Crippen molar-refractivity contribution >= 4 is 17.7 Å². The van der Waals surface area contributed by atoms with E-state index < -0.39 is 6.36 Å². The maximum absolute atomic E-state index is 12.1. The highest BCUT2D eigenvalue weighted by Crippen LogP contribution is 2.23. The first-order valence-corrected chi connectivity index (χ1v) is 8.92. The van der Waals surface area contributed by atoms with Crippen molar-refractivity contribution in [3.8, 4) is 5.75 Å². The van der Waals surface area contributed by atoms with Crippen LogP contribution >= 0.6 is 0 Å². The largest absolute Gasteiger partial charge is 0.573 e. The van der Waals surface area contributed by atoms with Crippen LogP contribution in [0.15, 0.2) is 24.3 Å². The third-order valence-electron chi connectivity index (χ3n) is 3.91. The van der Waals surface area contributed by atoms with Gasteiger partial charge in [0.2, 0.25) is 5.91 Å². The Bertz CT molecular complexity index is 657. The quantitative estimate of drug-likeness (QED) is 0.791. The van der Waals surface area contributed by atoms with Crippen LogP contribution in [0.3, 0.4) is 0 Å². The molecule has 1 saturated heterocycles. The molecule has 7 nitrogen and oxygen atoms in total. The third kappa shape index (κ3) is 7.63. The van der Waals surface area contributed by atoms with Gasteiger partial charge in [0, 0.05) is 31.9 Å². The number of alkyl halides is 3. The van der Waals surface area contributed by atoms with Crippen LogP contribution in [-0.4, -0.2) is 67.5 Å². The first-order valence-electron chi connectivity index (χ1n) is 8.92. The van der Waals surface area contributed by atoms with E-state index in [1.54, 1.807) is 4.90 Å². The van der Waals surface area contributed by atoms with Gasteiger partial charge in [-0.05, 0) is 30.2 Å². The molecule has 0 bridgehead atoms. The zero-order chi connectivity index (χ0) is 20.7. The standard InChI is InChI=1S/C18H24F3N3O4/c1-13(2)12-27-17(26)24-9-7-23(8-10-24)11-16(25)22-14-3-5-15(6-4-14)28-18(19,20)21/h3-6,13H,7-12H2,1-2H3,(H,22,25). The number of ether oxygens (including phenoxy) is 2. The molecule has 1 aromatic carbocycles. The van der Waals surface area contributed by atoms with Crippen molar-refractivity contribution in [2.24, 2.45) is 5.92 Å². The summed E-state index contributed by atoms with van der Waals surface area (Å²) in [7, 11) is 0. The highest BCUT2D eigenvalue weighted by molar-refractivity contribution is 5.92. The van der Waals surface area contributed by atoms with Crippen molar-refractivity contribution in [3.05, 3.63) is 24.3 Å². The molecule has 28 heavy (non-hydrogen) atoms. The fourth-order valence-corrected chi connectivity index (χ4v) is 2.56. The second-order valence-electron chi connectivity index (χ2n) is 6.85. The Morgan fingerprint density at radius 2 is 1.71 bits per heavy atom. The molecule has 10 heteroatoms. The second-order valence-corrected chi connectivity index (χ2v) is 6.85. The summed E-state index contributed by atoms with van der Waals surface area (Å²) >= 11 is 0. The van der Waals surface area contributed by atoms with Gasteiger partial charge in [0.25, 0.3) is 0 Å². The number of hydrogen-bond acceptors (Lipinski definition) is 5. The normalized spacial score (nSPS) is 15.4. The highest BCUT2D eigenvalue weighted by Gasteiger charge is 2.31. The number of amides is 2. The summed E-state index contributed by atoms with van der Waals surface area (Å²) in [6, 6.07) is 4.93. The molecule has 0 aliphatic carbocycles. The van der Waals surface area contributed by atoms with Crippen molar-refractivity contribution < 1.29 is 32.2 Å². The Morgan fingerprint density at radius 1 is 1.11 bits per heavy atom. The van der Waals surface area contributed by atoms with Crippen molar-refractivity contribution in [2.45, 2.75) is 20.2 Å². The predicted molar refractivity (Wildman–Crippen MR) is 96.0 cm³/mol. The SMILES string of the molecule is CC(C)COC(=O)N1CCN(CC(=O)Nc2ccc(OC(F)(F)F)cc2)CC1. The minimum absolute atomic E-state index is 0.121. The fourth-order valence-electron chi connectivity index (χ4n) is 2.56. The molecule has 1 aliphatic rings. The lowest BCUT2D eigenvalue weighted by Gasteiger charge is -2.33. The number of rotatable bonds is 6. The highest BCUT2D eigenvalue weighted by atomic mass is 19.4. The molecule has 1 aliphatic heterocycles. The Hall–Kier alpha value is -2.49. The van der Waals surface area contributed by atoms with E-state index in [2.05, 4.69) is 10.1 Å². The lowest BCUT2D eigenvalue weighted by molar-refractivity contribution is -0.274. The van der Waals surface area contributed by atoms with Crippen LogP contribution in [0.5, 0.6) is 5.75 Å². The predicted octanol–water partition coefficient (Wildman–Crippen LogP) is 2.93. The average molecular weight is 403 g/mol. The minimum Gasteiger partial charge on any atom is -0.449 e. The lowest BCUT2D eigenvalue weighted by atomic mass is 10.2. The van der Waals surface area contributed by atoms with Crippen LogP contribution in [0.1, 0.15) is 13.8 Å². The van der Waals surface area contributed by atoms with Crippen molar-refractivity contribution in [1.82, 2.24) is 9.80 Å². The zero-order valence-electron chi connectivity index (χ0n) is 15.8. The first-order chi connectivity index (χ1) is 13.1. The first kappa shape index (κ1) is 21.8. The van der Waals surface area contributed by atoms with Gasteiger partial charge in [-0.1, -0.05) is 13.8 Å². The summed E-state index contributed by atoms with van der Waals surface area (Å²) in [5, 5.41) is 2.62. The van der Waals surface area contributed by atoms with Crippen LogP contribution in [-0.2, 0) is 9.53 Å². The van der Waals surface area contributed by atoms with E-state index in [0.29, 0.717) is 38.5 Å². The van der Waals surface area contributed by atoms with Crippen LogP contribution in [0.4, 0.5) is 23.7 Å². The monoisotopic (exact) mass is 403 g/mol. The van der Waals surface area contributed by atoms with Gasteiger partial charge in [-0.25, -0.2) is 4.79 Å². The molecule has 0 atom stereocenters. The molecule has 1 fully saturated rings. The maximum atomic E-state index is 12.1. The van der Waals surface area contributed by atoms with Crippen LogP contribution < -0.4 is 10.1 Å². The van der Waals surface area contributed by atoms with Gasteiger partial charge < -0.3 is 19.7 Å². The van der Waals surface area contributed by atoms with Gasteiger partial charge in [-0.3, -0.25) is 9.69 Å². The van der Waals surface area contributed by atoms with Crippen molar-refractivity contribution in [2.75, 3.05) is 44.6 Å². The van der Waals surface area contributed by atoms with E-state index in [1.165, 1.54) is 12.1 Å². The maximum Gasteiger partial charge on any atom is 0.573 e. The van der Waals surface area contributed by atoms with Gasteiger partial charge in [0.15, 0.2) is 0 Å². The average Bonchev–Trinajstić information content (AvgIpc) is 2.60. The molecule has 1 aromatic rings. The van der Waals surface area contributed by atoms with Gasteiger partial charge >= 0.3 is 12.5 Å². The summed E-state index contributed by atoms with van der Waals surface area (Å²) in [6.45, 7) is 6.40. The minimum atomic E-state index is -4.76. The summed E-state index contributed by atoms with van der Waals surface area (Å²) in [5.74, 6) is -0.380. The van der Waals surface area contributed by atoms with E-state index >= 15 is 0 Å². The smallest absolute Gasteiger partial charge is 0.449 e. The molecule has 0 radical (unpaired) electrons. The number of anilines is 1. The number of nitrogens with zero attached hydrogens (tertiary/aromatic N) is 2. The molecule has 1 heterocycles. The molecular formula is C18H24F3N3O4. The Labute approximate surface area is 161 Å². The van der Waals surface area contributed by atoms with Gasteiger partial charge in [-0.2, -0.15) is 0 Å². The Morgan fingerprint density at radius 3 is 2.25 bits per heavy atom. The van der Waals surface area contributed by atoms with Gasteiger partial charge in [0.05, 0.1) is 13.2 Å². The van der Waals surface area contributed by atoms with E-state index in [9.17, 15) is 22.8 Å². The summed E-state index contributed by atoms with van der Waals surface area (Å²) in [4.78, 5) is 27.5. The number of piperazine rings is 1. The topological polar surface area (TPSA) is 71.1 Å². The number of nitrogens with one attached hydrogen (secondary N) is 1. The molecule has 0 saturated carbocycles. The summed E-state index contributed by atoms with van der Waals surface area (Å²) < 4.78 is 45.4. The molecule has 2 rings (SSSR count). The molecule has 0 unspecified atom stereocenters. The van der Waals surface area contributed by atoms with Gasteiger partial charge in [0.1, 0.15) is 5.75 Å².